The largest absolute Gasteiger partial charge is 0.493 e. The van der Waals surface area contributed by atoms with Crippen LogP contribution in [0.25, 0.3) is 0 Å². The summed E-state index contributed by atoms with van der Waals surface area (Å²) in [5.41, 5.74) is 0.495. The Morgan fingerprint density at radius 3 is 2.49 bits per heavy atom. The number of likely N-dealkylation sites (N-methyl/N-ethyl adjacent to an activating group) is 1. The summed E-state index contributed by atoms with van der Waals surface area (Å²) in [6, 6.07) is 5.62. The zero-order valence-electron chi connectivity index (χ0n) is 19.2. The number of alkyl halides is 2. The third-order valence-electron chi connectivity index (χ3n) is 7.06. The second-order valence-electron chi connectivity index (χ2n) is 8.97. The van der Waals surface area contributed by atoms with Crippen molar-refractivity contribution in [1.29, 1.82) is 0 Å². The third-order valence-corrected chi connectivity index (χ3v) is 7.06. The van der Waals surface area contributed by atoms with Crippen LogP contribution in [-0.4, -0.2) is 50.3 Å². The number of methoxy groups -OCH3 is 1. The number of halogens is 5. The average Bonchev–Trinajstić information content (AvgIpc) is 3.14. The molecule has 0 spiro atoms. The molecule has 2 fully saturated rings. The van der Waals surface area contributed by atoms with Crippen LogP contribution in [0.3, 0.4) is 0 Å². The molecule has 2 aliphatic rings. The fraction of sp³-hybridized carbons (Fsp3) is 0.458. The molecule has 2 N–H and O–H groups in total. The second-order valence-corrected chi connectivity index (χ2v) is 8.97. The smallest absolute Gasteiger partial charge is 0.387 e. The summed E-state index contributed by atoms with van der Waals surface area (Å²) in [6.07, 6.45) is 2.79. The van der Waals surface area contributed by atoms with Gasteiger partial charge in [-0.3, -0.25) is 0 Å². The fourth-order valence-corrected chi connectivity index (χ4v) is 5.40. The Morgan fingerprint density at radius 1 is 1.11 bits per heavy atom. The number of ether oxygens (including phenoxy) is 2. The van der Waals surface area contributed by atoms with Crippen LogP contribution in [0.5, 0.6) is 11.5 Å². The maximum atomic E-state index is 13.4. The number of benzene rings is 2. The zero-order valence-corrected chi connectivity index (χ0v) is 19.2. The van der Waals surface area contributed by atoms with E-state index in [1.807, 2.05) is 7.05 Å². The summed E-state index contributed by atoms with van der Waals surface area (Å²) in [7, 11) is 3.39. The summed E-state index contributed by atoms with van der Waals surface area (Å²) in [5.74, 6) is -4.20. The van der Waals surface area contributed by atoms with Crippen molar-refractivity contribution in [3.63, 3.8) is 0 Å². The molecule has 1 saturated heterocycles. The van der Waals surface area contributed by atoms with Gasteiger partial charge in [0.05, 0.1) is 7.11 Å². The highest BCUT2D eigenvalue weighted by Gasteiger charge is 2.50. The van der Waals surface area contributed by atoms with Crippen LogP contribution in [0.2, 0.25) is 0 Å². The van der Waals surface area contributed by atoms with Crippen LogP contribution in [0.15, 0.2) is 30.3 Å². The number of carbonyl (C=O) groups is 1. The standard InChI is InChI=1S/C24H26F5N3O3/c1-32-8-7-24(13-3-4-18(35-22(28)29)19(9-13)34-2)6-5-14(12-20(24)32)30-23(33)31-15-10-16(25)21(27)17(26)11-15/h3-4,9-11,14,20,22H,5-8,12H2,1-2H3,(H2,30,31,33). The first-order chi connectivity index (χ1) is 16.6. The molecule has 6 nitrogen and oxygen atoms in total. The van der Waals surface area contributed by atoms with Crippen LogP contribution < -0.4 is 20.1 Å². The van der Waals surface area contributed by atoms with Crippen molar-refractivity contribution in [3.05, 3.63) is 53.3 Å². The molecule has 3 unspecified atom stereocenters. The van der Waals surface area contributed by atoms with Crippen LogP contribution >= 0.6 is 0 Å². The first kappa shape index (κ1) is 25.0. The van der Waals surface area contributed by atoms with Gasteiger partial charge in [-0.05, 0) is 57.0 Å². The molecule has 3 atom stereocenters. The highest BCUT2D eigenvalue weighted by molar-refractivity contribution is 5.89. The molecule has 1 aliphatic heterocycles. The Hall–Kier alpha value is -3.08. The first-order valence-electron chi connectivity index (χ1n) is 11.2. The Morgan fingerprint density at radius 2 is 1.83 bits per heavy atom. The number of nitrogens with one attached hydrogen (secondary N) is 2. The van der Waals surface area contributed by atoms with Crippen molar-refractivity contribution in [3.8, 4) is 11.5 Å². The lowest BCUT2D eigenvalue weighted by atomic mass is 9.65. The molecule has 0 bridgehead atoms. The Labute approximate surface area is 199 Å². The van der Waals surface area contributed by atoms with Crippen LogP contribution in [0.4, 0.5) is 32.4 Å². The number of carbonyl (C=O) groups excluding carboxylic acids is 1. The quantitative estimate of drug-likeness (QED) is 0.433. The Balaban J connectivity index is 1.48. The summed E-state index contributed by atoms with van der Waals surface area (Å²) in [5, 5.41) is 5.18. The summed E-state index contributed by atoms with van der Waals surface area (Å²) in [6.45, 7) is -2.15. The number of hydrogen-bond acceptors (Lipinski definition) is 4. The Kier molecular flexibility index (Phi) is 7.07. The van der Waals surface area contributed by atoms with Gasteiger partial charge in [0.1, 0.15) is 0 Å². The van der Waals surface area contributed by atoms with Gasteiger partial charge >= 0.3 is 12.6 Å². The molecule has 190 valence electrons. The van der Waals surface area contributed by atoms with E-state index in [-0.39, 0.29) is 34.7 Å². The number of nitrogens with zero attached hydrogens (tertiary/aromatic N) is 1. The molecule has 2 aromatic rings. The van der Waals surface area contributed by atoms with E-state index >= 15 is 0 Å². The van der Waals surface area contributed by atoms with Gasteiger partial charge in [-0.2, -0.15) is 8.78 Å². The summed E-state index contributed by atoms with van der Waals surface area (Å²) >= 11 is 0. The van der Waals surface area contributed by atoms with Gasteiger partial charge in [0.2, 0.25) is 0 Å². The molecule has 11 heteroatoms. The highest BCUT2D eigenvalue weighted by Crippen LogP contribution is 2.50. The summed E-state index contributed by atoms with van der Waals surface area (Å²) in [4.78, 5) is 14.7. The highest BCUT2D eigenvalue weighted by atomic mass is 19.3. The van der Waals surface area contributed by atoms with E-state index in [0.717, 1.165) is 18.5 Å². The lowest BCUT2D eigenvalue weighted by Crippen LogP contribution is -2.52. The molecule has 35 heavy (non-hydrogen) atoms. The predicted molar refractivity (Wildman–Crippen MR) is 118 cm³/mol. The molecule has 2 amide bonds. The van der Waals surface area contributed by atoms with Crippen molar-refractivity contribution < 1.29 is 36.2 Å². The molecule has 4 rings (SSSR count). The fourth-order valence-electron chi connectivity index (χ4n) is 5.40. The number of fused-ring (bicyclic) bond motifs is 1. The average molecular weight is 499 g/mol. The lowest BCUT2D eigenvalue weighted by Gasteiger charge is -2.45. The van der Waals surface area contributed by atoms with Gasteiger partial charge in [-0.25, -0.2) is 18.0 Å². The lowest BCUT2D eigenvalue weighted by molar-refractivity contribution is -0.0512. The molecule has 1 saturated carbocycles. The van der Waals surface area contributed by atoms with Crippen molar-refractivity contribution in [2.24, 2.45) is 0 Å². The van der Waals surface area contributed by atoms with Gasteiger partial charge in [-0.15, -0.1) is 0 Å². The van der Waals surface area contributed by atoms with E-state index in [1.54, 1.807) is 12.1 Å². The number of anilines is 1. The molecule has 0 radical (unpaired) electrons. The van der Waals surface area contributed by atoms with Crippen LogP contribution in [-0.2, 0) is 5.41 Å². The topological polar surface area (TPSA) is 62.8 Å². The normalized spacial score (nSPS) is 24.2. The van der Waals surface area contributed by atoms with Crippen molar-refractivity contribution in [2.75, 3.05) is 26.0 Å². The molecule has 1 aliphatic carbocycles. The van der Waals surface area contributed by atoms with Crippen LogP contribution in [0, 0.1) is 17.5 Å². The maximum absolute atomic E-state index is 13.4. The molecule has 1 heterocycles. The number of hydrogen-bond donors (Lipinski definition) is 2. The van der Waals surface area contributed by atoms with Crippen molar-refractivity contribution >= 4 is 11.7 Å². The minimum Gasteiger partial charge on any atom is -0.493 e. The van der Waals surface area contributed by atoms with E-state index < -0.39 is 30.1 Å². The van der Waals surface area contributed by atoms with Gasteiger partial charge in [-0.1, -0.05) is 6.07 Å². The molecular formula is C24H26F5N3O3. The van der Waals surface area contributed by atoms with Gasteiger partial charge in [0, 0.05) is 35.3 Å². The third kappa shape index (κ3) is 5.00. The minimum atomic E-state index is -2.96. The van der Waals surface area contributed by atoms with Crippen molar-refractivity contribution in [1.82, 2.24) is 10.2 Å². The minimum absolute atomic E-state index is 0.0359. The Bertz CT molecular complexity index is 1080. The van der Waals surface area contributed by atoms with E-state index in [2.05, 4.69) is 20.3 Å². The summed E-state index contributed by atoms with van der Waals surface area (Å²) < 4.78 is 75.3. The second kappa shape index (κ2) is 9.88. The molecule has 0 aromatic heterocycles. The SMILES string of the molecule is COc1cc(C23CCC(NC(=O)Nc4cc(F)c(F)c(F)c4)CC2N(C)CC3)ccc1OC(F)F. The van der Waals surface area contributed by atoms with Crippen LogP contribution in [0.1, 0.15) is 31.2 Å². The van der Waals surface area contributed by atoms with Gasteiger partial charge in [0.25, 0.3) is 0 Å². The zero-order chi connectivity index (χ0) is 25.3. The van der Waals surface area contributed by atoms with E-state index in [0.29, 0.717) is 31.4 Å². The van der Waals surface area contributed by atoms with Gasteiger partial charge in [0.15, 0.2) is 29.0 Å². The van der Waals surface area contributed by atoms with Gasteiger partial charge < -0.3 is 25.0 Å². The number of urea groups is 1. The number of amides is 2. The molecular weight excluding hydrogens is 473 g/mol. The van der Waals surface area contributed by atoms with E-state index in [4.69, 9.17) is 4.74 Å². The van der Waals surface area contributed by atoms with E-state index in [9.17, 15) is 26.7 Å². The number of rotatable bonds is 6. The van der Waals surface area contributed by atoms with Crippen molar-refractivity contribution in [2.45, 2.75) is 49.8 Å². The maximum Gasteiger partial charge on any atom is 0.387 e. The molecule has 2 aromatic carbocycles. The van der Waals surface area contributed by atoms with E-state index in [1.165, 1.54) is 13.2 Å². The predicted octanol–water partition coefficient (Wildman–Crippen LogP) is 5.03. The number of likely N-dealkylation sites (tertiary alicyclic amines) is 1. The monoisotopic (exact) mass is 499 g/mol. The first-order valence-corrected chi connectivity index (χ1v) is 11.2.